The summed E-state index contributed by atoms with van der Waals surface area (Å²) in [5.74, 6) is 2.64. The minimum absolute atomic E-state index is 0.624. The molecule has 0 aromatic heterocycles. The molecule has 1 heterocycles. The molecule has 0 amide bonds. The number of guanidine groups is 1. The van der Waals surface area contributed by atoms with Gasteiger partial charge in [-0.3, -0.25) is 4.99 Å². The van der Waals surface area contributed by atoms with Gasteiger partial charge in [-0.15, -0.1) is 0 Å². The number of rotatable bonds is 11. The highest BCUT2D eigenvalue weighted by atomic mass is 16.5. The molecule has 0 unspecified atom stereocenters. The van der Waals surface area contributed by atoms with Crippen LogP contribution in [0.3, 0.4) is 0 Å². The van der Waals surface area contributed by atoms with Gasteiger partial charge in [0.15, 0.2) is 5.96 Å². The summed E-state index contributed by atoms with van der Waals surface area (Å²) in [5.41, 5.74) is 1.16. The van der Waals surface area contributed by atoms with Crippen LogP contribution in [0.4, 0.5) is 0 Å². The molecule has 6 heteroatoms. The van der Waals surface area contributed by atoms with E-state index in [0.717, 1.165) is 62.5 Å². The molecule has 6 nitrogen and oxygen atoms in total. The highest BCUT2D eigenvalue weighted by Crippen LogP contribution is 2.18. The molecule has 0 bridgehead atoms. The van der Waals surface area contributed by atoms with Gasteiger partial charge in [-0.05, 0) is 56.2 Å². The summed E-state index contributed by atoms with van der Waals surface area (Å²) in [4.78, 5) is 7.00. The highest BCUT2D eigenvalue weighted by Gasteiger charge is 2.15. The minimum atomic E-state index is 0.624. The standard InChI is InChI=1S/C22H37N3O3/c1-4-23-22(25(2)14-10-19-11-16-27-17-12-19)24-13-5-15-28-18-20-6-8-21(26-3)9-7-20/h6-9,19H,4-5,10-18H2,1-3H3,(H,23,24). The number of nitrogens with one attached hydrogen (secondary N) is 1. The normalized spacial score (nSPS) is 15.5. The second-order valence-electron chi connectivity index (χ2n) is 7.26. The zero-order valence-electron chi connectivity index (χ0n) is 17.8. The largest absolute Gasteiger partial charge is 0.497 e. The van der Waals surface area contributed by atoms with E-state index in [4.69, 9.17) is 19.2 Å². The molecule has 1 aromatic rings. The maximum absolute atomic E-state index is 5.77. The highest BCUT2D eigenvalue weighted by molar-refractivity contribution is 5.79. The monoisotopic (exact) mass is 391 g/mol. The Balaban J connectivity index is 1.64. The maximum atomic E-state index is 5.77. The third-order valence-corrected chi connectivity index (χ3v) is 5.05. The Labute approximate surface area is 170 Å². The summed E-state index contributed by atoms with van der Waals surface area (Å²) in [6, 6.07) is 7.99. The first-order valence-corrected chi connectivity index (χ1v) is 10.5. The summed E-state index contributed by atoms with van der Waals surface area (Å²) in [6.07, 6.45) is 4.49. The van der Waals surface area contributed by atoms with Crippen molar-refractivity contribution in [3.8, 4) is 5.75 Å². The van der Waals surface area contributed by atoms with Crippen molar-refractivity contribution in [1.82, 2.24) is 10.2 Å². The van der Waals surface area contributed by atoms with Crippen LogP contribution in [0, 0.1) is 5.92 Å². The van der Waals surface area contributed by atoms with Crippen LogP contribution in [-0.4, -0.2) is 64.5 Å². The van der Waals surface area contributed by atoms with E-state index in [0.29, 0.717) is 13.2 Å². The molecular weight excluding hydrogens is 354 g/mol. The van der Waals surface area contributed by atoms with Gasteiger partial charge in [0.05, 0.1) is 13.7 Å². The Bertz CT molecular complexity index is 557. The Morgan fingerprint density at radius 3 is 2.68 bits per heavy atom. The number of benzene rings is 1. The van der Waals surface area contributed by atoms with Gasteiger partial charge in [-0.1, -0.05) is 12.1 Å². The first-order valence-electron chi connectivity index (χ1n) is 10.5. The van der Waals surface area contributed by atoms with E-state index in [9.17, 15) is 0 Å². The molecule has 0 saturated carbocycles. The Hall–Kier alpha value is -1.79. The Morgan fingerprint density at radius 2 is 2.00 bits per heavy atom. The van der Waals surface area contributed by atoms with Gasteiger partial charge in [0.2, 0.25) is 0 Å². The molecular formula is C22H37N3O3. The van der Waals surface area contributed by atoms with E-state index < -0.39 is 0 Å². The lowest BCUT2D eigenvalue weighted by Gasteiger charge is -2.26. The fourth-order valence-electron chi connectivity index (χ4n) is 3.25. The fourth-order valence-corrected chi connectivity index (χ4v) is 3.25. The van der Waals surface area contributed by atoms with E-state index >= 15 is 0 Å². The van der Waals surface area contributed by atoms with Crippen LogP contribution in [0.25, 0.3) is 0 Å². The van der Waals surface area contributed by atoms with Crippen molar-refractivity contribution in [3.05, 3.63) is 29.8 Å². The number of aliphatic imine (C=N–C) groups is 1. The van der Waals surface area contributed by atoms with Crippen molar-refractivity contribution in [2.75, 3.05) is 53.6 Å². The van der Waals surface area contributed by atoms with Gasteiger partial charge in [0.25, 0.3) is 0 Å². The van der Waals surface area contributed by atoms with Crippen LogP contribution in [0.1, 0.15) is 38.2 Å². The lowest BCUT2D eigenvalue weighted by Crippen LogP contribution is -2.40. The molecule has 158 valence electrons. The van der Waals surface area contributed by atoms with E-state index in [1.807, 2.05) is 24.3 Å². The molecule has 28 heavy (non-hydrogen) atoms. The second kappa shape index (κ2) is 13.4. The third kappa shape index (κ3) is 8.48. The minimum Gasteiger partial charge on any atom is -0.497 e. The summed E-state index contributed by atoms with van der Waals surface area (Å²) < 4.78 is 16.4. The smallest absolute Gasteiger partial charge is 0.193 e. The molecule has 0 spiro atoms. The summed E-state index contributed by atoms with van der Waals surface area (Å²) >= 11 is 0. The van der Waals surface area contributed by atoms with Crippen LogP contribution < -0.4 is 10.1 Å². The molecule has 2 rings (SSSR count). The van der Waals surface area contributed by atoms with Crippen molar-refractivity contribution < 1.29 is 14.2 Å². The Kier molecular flexibility index (Phi) is 10.8. The fraction of sp³-hybridized carbons (Fsp3) is 0.682. The lowest BCUT2D eigenvalue weighted by molar-refractivity contribution is 0.0625. The predicted molar refractivity (Wildman–Crippen MR) is 114 cm³/mol. The average Bonchev–Trinajstić information content (AvgIpc) is 2.74. The molecule has 1 aliphatic rings. The van der Waals surface area contributed by atoms with Crippen LogP contribution in [0.15, 0.2) is 29.3 Å². The zero-order valence-corrected chi connectivity index (χ0v) is 17.8. The Morgan fingerprint density at radius 1 is 1.25 bits per heavy atom. The summed E-state index contributed by atoms with van der Waals surface area (Å²) in [7, 11) is 3.80. The maximum Gasteiger partial charge on any atom is 0.193 e. The number of hydrogen-bond donors (Lipinski definition) is 1. The quantitative estimate of drug-likeness (QED) is 0.356. The first-order chi connectivity index (χ1) is 13.7. The van der Waals surface area contributed by atoms with Crippen molar-refractivity contribution in [3.63, 3.8) is 0 Å². The molecule has 1 fully saturated rings. The molecule has 1 aromatic carbocycles. The first kappa shape index (κ1) is 22.5. The van der Waals surface area contributed by atoms with Gasteiger partial charge in [-0.2, -0.15) is 0 Å². The summed E-state index contributed by atoms with van der Waals surface area (Å²) in [5, 5.41) is 3.40. The third-order valence-electron chi connectivity index (χ3n) is 5.05. The van der Waals surface area contributed by atoms with E-state index in [-0.39, 0.29) is 0 Å². The van der Waals surface area contributed by atoms with Gasteiger partial charge in [-0.25, -0.2) is 0 Å². The van der Waals surface area contributed by atoms with E-state index in [1.54, 1.807) is 7.11 Å². The van der Waals surface area contributed by atoms with Crippen LogP contribution in [-0.2, 0) is 16.1 Å². The molecule has 0 atom stereocenters. The number of methoxy groups -OCH3 is 1. The lowest BCUT2D eigenvalue weighted by atomic mass is 9.96. The van der Waals surface area contributed by atoms with Gasteiger partial charge in [0.1, 0.15) is 5.75 Å². The number of nitrogens with zero attached hydrogens (tertiary/aromatic N) is 2. The zero-order chi connectivity index (χ0) is 20.0. The van der Waals surface area contributed by atoms with Crippen molar-refractivity contribution in [1.29, 1.82) is 0 Å². The van der Waals surface area contributed by atoms with Gasteiger partial charge in [0, 0.05) is 46.5 Å². The van der Waals surface area contributed by atoms with E-state index in [1.165, 1.54) is 19.3 Å². The molecule has 1 saturated heterocycles. The van der Waals surface area contributed by atoms with Crippen molar-refractivity contribution >= 4 is 5.96 Å². The SMILES string of the molecule is CCNC(=NCCCOCc1ccc(OC)cc1)N(C)CCC1CCOCC1. The van der Waals surface area contributed by atoms with Gasteiger partial charge >= 0.3 is 0 Å². The number of ether oxygens (including phenoxy) is 3. The van der Waals surface area contributed by atoms with E-state index in [2.05, 4.69) is 24.2 Å². The average molecular weight is 392 g/mol. The van der Waals surface area contributed by atoms with Crippen LogP contribution >= 0.6 is 0 Å². The molecule has 0 aliphatic carbocycles. The van der Waals surface area contributed by atoms with Crippen LogP contribution in [0.2, 0.25) is 0 Å². The number of hydrogen-bond acceptors (Lipinski definition) is 4. The predicted octanol–water partition coefficient (Wildman–Crippen LogP) is 3.32. The molecule has 1 N–H and O–H groups in total. The topological polar surface area (TPSA) is 55.3 Å². The second-order valence-corrected chi connectivity index (χ2v) is 7.26. The molecule has 1 aliphatic heterocycles. The summed E-state index contributed by atoms with van der Waals surface area (Å²) in [6.45, 7) is 7.96. The van der Waals surface area contributed by atoms with Gasteiger partial charge < -0.3 is 24.4 Å². The van der Waals surface area contributed by atoms with Crippen molar-refractivity contribution in [2.24, 2.45) is 10.9 Å². The van der Waals surface area contributed by atoms with Crippen molar-refractivity contribution in [2.45, 2.75) is 39.2 Å². The molecule has 0 radical (unpaired) electrons. The van der Waals surface area contributed by atoms with Crippen LogP contribution in [0.5, 0.6) is 5.75 Å².